The highest BCUT2D eigenvalue weighted by Crippen LogP contribution is 2.37. The Morgan fingerprint density at radius 2 is 2.30 bits per heavy atom. The lowest BCUT2D eigenvalue weighted by Crippen LogP contribution is -2.53. The van der Waals surface area contributed by atoms with Crippen molar-refractivity contribution in [1.29, 1.82) is 5.26 Å². The molecule has 0 atom stereocenters. The maximum absolute atomic E-state index is 12.5. The maximum atomic E-state index is 12.5. The van der Waals surface area contributed by atoms with Gasteiger partial charge in [-0.25, -0.2) is 0 Å². The van der Waals surface area contributed by atoms with Gasteiger partial charge in [0.25, 0.3) is 10.7 Å². The van der Waals surface area contributed by atoms with Crippen molar-refractivity contribution in [2.24, 2.45) is 0 Å². The highest BCUT2D eigenvalue weighted by molar-refractivity contribution is 7.71. The molecule has 6 heteroatoms. The van der Waals surface area contributed by atoms with Crippen LogP contribution in [0.15, 0.2) is 22.6 Å². The largest absolute Gasteiger partial charge is 0.429 e. The standard InChI is InChI=1S/C14H13N3O2S/c1-17(14(8-15)5-2-6-14)12(18)9-3-4-10-11(7-9)19-13(20)16-10/h3-4,7H,2,5-6H2,1H3,(H,16,20). The summed E-state index contributed by atoms with van der Waals surface area (Å²) in [5.74, 6) is -0.171. The van der Waals surface area contributed by atoms with Gasteiger partial charge in [0.1, 0.15) is 5.54 Å². The van der Waals surface area contributed by atoms with Crippen LogP contribution < -0.4 is 0 Å². The molecule has 1 aromatic heterocycles. The molecule has 1 aliphatic rings. The molecule has 2 aromatic rings. The van der Waals surface area contributed by atoms with Crippen molar-refractivity contribution in [2.45, 2.75) is 24.8 Å². The number of carbonyl (C=O) groups is 1. The summed E-state index contributed by atoms with van der Waals surface area (Å²) in [7, 11) is 1.68. The van der Waals surface area contributed by atoms with Gasteiger partial charge in [0.05, 0.1) is 11.6 Å². The normalized spacial score (nSPS) is 16.4. The third-order valence-electron chi connectivity index (χ3n) is 4.00. The fraction of sp³-hybridized carbons (Fsp3) is 0.357. The van der Waals surface area contributed by atoms with Crippen LogP contribution in [0.2, 0.25) is 0 Å². The van der Waals surface area contributed by atoms with Crippen LogP contribution in [-0.4, -0.2) is 28.4 Å². The number of aromatic amines is 1. The zero-order valence-electron chi connectivity index (χ0n) is 11.0. The van der Waals surface area contributed by atoms with E-state index < -0.39 is 5.54 Å². The fourth-order valence-corrected chi connectivity index (χ4v) is 2.70. The number of benzene rings is 1. The number of fused-ring (bicyclic) bond motifs is 1. The van der Waals surface area contributed by atoms with E-state index in [0.717, 1.165) is 24.8 Å². The summed E-state index contributed by atoms with van der Waals surface area (Å²) in [5.41, 5.74) is 1.16. The highest BCUT2D eigenvalue weighted by Gasteiger charge is 2.43. The summed E-state index contributed by atoms with van der Waals surface area (Å²) in [6.07, 6.45) is 2.45. The second-order valence-corrected chi connectivity index (χ2v) is 5.46. The summed E-state index contributed by atoms with van der Waals surface area (Å²) in [5, 5.41) is 9.30. The van der Waals surface area contributed by atoms with E-state index in [1.54, 1.807) is 30.1 Å². The van der Waals surface area contributed by atoms with E-state index in [4.69, 9.17) is 16.6 Å². The lowest BCUT2D eigenvalue weighted by molar-refractivity contribution is 0.0497. The molecule has 1 aromatic carbocycles. The van der Waals surface area contributed by atoms with Crippen molar-refractivity contribution in [3.8, 4) is 6.07 Å². The molecule has 1 amide bonds. The van der Waals surface area contributed by atoms with Gasteiger partial charge in [0, 0.05) is 12.6 Å². The number of hydrogen-bond donors (Lipinski definition) is 1. The Labute approximate surface area is 120 Å². The minimum absolute atomic E-state index is 0.171. The van der Waals surface area contributed by atoms with E-state index in [1.807, 2.05) is 0 Å². The van der Waals surface area contributed by atoms with Gasteiger partial charge in [0.2, 0.25) is 0 Å². The Morgan fingerprint density at radius 1 is 1.55 bits per heavy atom. The topological polar surface area (TPSA) is 73.0 Å². The van der Waals surface area contributed by atoms with Gasteiger partial charge in [-0.15, -0.1) is 0 Å². The molecular weight excluding hydrogens is 274 g/mol. The molecule has 0 spiro atoms. The van der Waals surface area contributed by atoms with Crippen molar-refractivity contribution in [3.63, 3.8) is 0 Å². The quantitative estimate of drug-likeness (QED) is 0.862. The van der Waals surface area contributed by atoms with Gasteiger partial charge in [0.15, 0.2) is 5.58 Å². The summed E-state index contributed by atoms with van der Waals surface area (Å²) >= 11 is 4.92. The number of hydrogen-bond acceptors (Lipinski definition) is 4. The Hall–Kier alpha value is -2.13. The van der Waals surface area contributed by atoms with Crippen LogP contribution in [0, 0.1) is 16.2 Å². The van der Waals surface area contributed by atoms with Crippen LogP contribution in [0.25, 0.3) is 11.1 Å². The van der Waals surface area contributed by atoms with E-state index in [9.17, 15) is 10.1 Å². The molecule has 1 aliphatic carbocycles. The van der Waals surface area contributed by atoms with Crippen LogP contribution in [-0.2, 0) is 0 Å². The molecule has 0 aliphatic heterocycles. The Morgan fingerprint density at radius 3 is 2.90 bits per heavy atom. The van der Waals surface area contributed by atoms with Gasteiger partial charge in [-0.2, -0.15) is 5.26 Å². The van der Waals surface area contributed by atoms with Crippen molar-refractivity contribution >= 4 is 29.2 Å². The first-order valence-corrected chi connectivity index (χ1v) is 6.79. The van der Waals surface area contributed by atoms with Crippen molar-refractivity contribution in [3.05, 3.63) is 28.6 Å². The molecule has 20 heavy (non-hydrogen) atoms. The van der Waals surface area contributed by atoms with Crippen LogP contribution in [0.4, 0.5) is 0 Å². The predicted octanol–water partition coefficient (Wildman–Crippen LogP) is 3.01. The van der Waals surface area contributed by atoms with Crippen LogP contribution >= 0.6 is 12.2 Å². The van der Waals surface area contributed by atoms with Crippen LogP contribution in [0.3, 0.4) is 0 Å². The third-order valence-corrected chi connectivity index (χ3v) is 4.19. The first-order chi connectivity index (χ1) is 9.55. The van der Waals surface area contributed by atoms with Crippen LogP contribution in [0.5, 0.6) is 0 Å². The molecule has 1 saturated carbocycles. The zero-order valence-corrected chi connectivity index (χ0v) is 11.8. The predicted molar refractivity (Wildman–Crippen MR) is 75.7 cm³/mol. The molecule has 102 valence electrons. The summed E-state index contributed by atoms with van der Waals surface area (Å²) in [6, 6.07) is 7.40. The van der Waals surface area contributed by atoms with Crippen LogP contribution in [0.1, 0.15) is 29.6 Å². The molecule has 1 N–H and O–H groups in total. The Kier molecular flexibility index (Phi) is 2.87. The number of carbonyl (C=O) groups excluding carboxylic acids is 1. The number of oxazole rings is 1. The monoisotopic (exact) mass is 287 g/mol. The van der Waals surface area contributed by atoms with Crippen molar-refractivity contribution in [2.75, 3.05) is 7.05 Å². The van der Waals surface area contributed by atoms with E-state index in [2.05, 4.69) is 11.1 Å². The van der Waals surface area contributed by atoms with E-state index >= 15 is 0 Å². The zero-order chi connectivity index (χ0) is 14.3. The number of rotatable bonds is 2. The van der Waals surface area contributed by atoms with E-state index in [0.29, 0.717) is 11.1 Å². The SMILES string of the molecule is CN(C(=O)c1ccc2[nH]c(=S)oc2c1)C1(C#N)CCC1. The smallest absolute Gasteiger partial charge is 0.266 e. The lowest BCUT2D eigenvalue weighted by atomic mass is 9.76. The maximum Gasteiger partial charge on any atom is 0.266 e. The van der Waals surface area contributed by atoms with E-state index in [1.165, 1.54) is 0 Å². The van der Waals surface area contributed by atoms with Gasteiger partial charge in [-0.1, -0.05) is 0 Å². The number of amides is 1. The first kappa shape index (κ1) is 12.9. The summed E-state index contributed by atoms with van der Waals surface area (Å²) in [6.45, 7) is 0. The number of nitrogens with one attached hydrogen (secondary N) is 1. The Balaban J connectivity index is 1.96. The van der Waals surface area contributed by atoms with E-state index in [-0.39, 0.29) is 10.7 Å². The number of nitrogens with zero attached hydrogens (tertiary/aromatic N) is 2. The molecule has 0 unspecified atom stereocenters. The highest BCUT2D eigenvalue weighted by atomic mass is 32.1. The second-order valence-electron chi connectivity index (χ2n) is 5.09. The average molecular weight is 287 g/mol. The summed E-state index contributed by atoms with van der Waals surface area (Å²) in [4.78, 5) is 17.2. The second kappa shape index (κ2) is 4.46. The summed E-state index contributed by atoms with van der Waals surface area (Å²) < 4.78 is 5.31. The Bertz CT molecular complexity index is 780. The minimum atomic E-state index is -0.648. The number of aromatic nitrogens is 1. The van der Waals surface area contributed by atoms with Crippen molar-refractivity contribution < 1.29 is 9.21 Å². The third kappa shape index (κ3) is 1.82. The molecule has 1 heterocycles. The van der Waals surface area contributed by atoms with Gasteiger partial charge in [-0.3, -0.25) is 4.79 Å². The molecule has 0 saturated heterocycles. The number of H-pyrrole nitrogens is 1. The van der Waals surface area contributed by atoms with Gasteiger partial charge in [-0.05, 0) is 49.7 Å². The van der Waals surface area contributed by atoms with Gasteiger partial charge >= 0.3 is 0 Å². The van der Waals surface area contributed by atoms with Crippen molar-refractivity contribution in [1.82, 2.24) is 9.88 Å². The first-order valence-electron chi connectivity index (χ1n) is 6.38. The molecular formula is C14H13N3O2S. The lowest BCUT2D eigenvalue weighted by Gasteiger charge is -2.42. The number of nitriles is 1. The molecule has 3 rings (SSSR count). The minimum Gasteiger partial charge on any atom is -0.429 e. The van der Waals surface area contributed by atoms with Gasteiger partial charge < -0.3 is 14.3 Å². The molecule has 0 radical (unpaired) electrons. The molecule has 1 fully saturated rings. The molecule has 0 bridgehead atoms. The fourth-order valence-electron chi connectivity index (χ4n) is 2.50. The average Bonchev–Trinajstić information content (AvgIpc) is 2.76. The molecule has 5 nitrogen and oxygen atoms in total.